The molecule has 0 heterocycles. The van der Waals surface area contributed by atoms with Crippen molar-refractivity contribution in [2.45, 2.75) is 38.1 Å². The van der Waals surface area contributed by atoms with Gasteiger partial charge < -0.3 is 10.5 Å². The number of rotatable bonds is 5. The molecule has 0 aliphatic carbocycles. The second kappa shape index (κ2) is 5.79. The van der Waals surface area contributed by atoms with Crippen molar-refractivity contribution in [1.82, 2.24) is 4.31 Å². The molecular weight excluding hydrogens is 264 g/mol. The van der Waals surface area contributed by atoms with E-state index < -0.39 is 10.0 Å². The Balaban J connectivity index is 3.40. The second-order valence-electron chi connectivity index (χ2n) is 4.64. The van der Waals surface area contributed by atoms with Crippen LogP contribution in [-0.4, -0.2) is 32.9 Å². The minimum Gasteiger partial charge on any atom is -0.495 e. The van der Waals surface area contributed by atoms with Crippen molar-refractivity contribution < 1.29 is 13.2 Å². The Morgan fingerprint density at radius 3 is 2.47 bits per heavy atom. The average molecular weight is 286 g/mol. The van der Waals surface area contributed by atoms with Gasteiger partial charge >= 0.3 is 0 Å². The molecule has 1 rings (SSSR count). The fourth-order valence-corrected chi connectivity index (χ4v) is 3.29. The predicted molar refractivity (Wildman–Crippen MR) is 76.8 cm³/mol. The molecule has 1 aromatic rings. The Bertz CT molecular complexity index is 555. The van der Waals surface area contributed by atoms with Crippen molar-refractivity contribution in [2.24, 2.45) is 0 Å². The molecule has 0 amide bonds. The van der Waals surface area contributed by atoms with E-state index in [4.69, 9.17) is 10.5 Å². The van der Waals surface area contributed by atoms with Gasteiger partial charge in [0.1, 0.15) is 10.6 Å². The average Bonchev–Trinajstić information content (AvgIpc) is 2.39. The number of methoxy groups -OCH3 is 1. The first kappa shape index (κ1) is 15.8. The quantitative estimate of drug-likeness (QED) is 0.840. The Hall–Kier alpha value is -1.27. The molecule has 5 nitrogen and oxygen atoms in total. The van der Waals surface area contributed by atoms with Crippen molar-refractivity contribution in [1.29, 1.82) is 0 Å². The van der Waals surface area contributed by atoms with Gasteiger partial charge in [0, 0.05) is 18.8 Å². The molecule has 0 radical (unpaired) electrons. The van der Waals surface area contributed by atoms with Crippen molar-refractivity contribution in [3.8, 4) is 5.75 Å². The van der Waals surface area contributed by atoms with E-state index in [1.807, 2.05) is 20.8 Å². The van der Waals surface area contributed by atoms with Crippen LogP contribution in [-0.2, 0) is 10.0 Å². The summed E-state index contributed by atoms with van der Waals surface area (Å²) in [6.45, 7) is 5.62. The maximum Gasteiger partial charge on any atom is 0.246 e. The number of nitrogens with zero attached hydrogens (tertiary/aromatic N) is 1. The third-order valence-electron chi connectivity index (χ3n) is 3.42. The summed E-state index contributed by atoms with van der Waals surface area (Å²) in [5.74, 6) is 0.321. The molecule has 19 heavy (non-hydrogen) atoms. The highest BCUT2D eigenvalue weighted by Gasteiger charge is 2.28. The molecule has 108 valence electrons. The zero-order valence-electron chi connectivity index (χ0n) is 12.1. The fraction of sp³-hybridized carbons (Fsp3) is 0.538. The molecule has 0 bridgehead atoms. The maximum atomic E-state index is 12.6. The number of nitrogens with two attached hydrogens (primary N) is 1. The fourth-order valence-electron chi connectivity index (χ4n) is 1.69. The molecular formula is C13H22N2O3S. The highest BCUT2D eigenvalue weighted by Crippen LogP contribution is 2.31. The number of sulfonamides is 1. The van der Waals surface area contributed by atoms with Crippen molar-refractivity contribution in [2.75, 3.05) is 19.9 Å². The predicted octanol–water partition coefficient (Wildman–Crippen LogP) is 2.00. The summed E-state index contributed by atoms with van der Waals surface area (Å²) in [7, 11) is -0.584. The summed E-state index contributed by atoms with van der Waals surface area (Å²) in [5.41, 5.74) is 7.05. The Labute approximate surface area is 115 Å². The Kier molecular flexibility index (Phi) is 4.81. The lowest BCUT2D eigenvalue weighted by molar-refractivity contribution is 0.371. The standard InChI is InChI=1S/C13H22N2O3S/c1-6-10(3)15(4)19(16,17)13-8-11(14)9(2)7-12(13)18-5/h7-8,10H,6,14H2,1-5H3. The zero-order chi connectivity index (χ0) is 14.8. The molecule has 0 aliphatic heterocycles. The molecule has 1 unspecified atom stereocenters. The van der Waals surface area contributed by atoms with E-state index in [-0.39, 0.29) is 10.9 Å². The van der Waals surface area contributed by atoms with Gasteiger partial charge in [0.05, 0.1) is 7.11 Å². The van der Waals surface area contributed by atoms with Gasteiger partial charge in [-0.1, -0.05) is 6.92 Å². The molecule has 0 spiro atoms. The normalized spacial score (nSPS) is 13.6. The summed E-state index contributed by atoms with van der Waals surface area (Å²) >= 11 is 0. The maximum absolute atomic E-state index is 12.6. The summed E-state index contributed by atoms with van der Waals surface area (Å²) < 4.78 is 31.6. The summed E-state index contributed by atoms with van der Waals surface area (Å²) in [4.78, 5) is 0.112. The number of benzene rings is 1. The topological polar surface area (TPSA) is 72.6 Å². The molecule has 1 atom stereocenters. The van der Waals surface area contributed by atoms with Crippen LogP contribution in [0.4, 0.5) is 5.69 Å². The first-order valence-electron chi connectivity index (χ1n) is 6.17. The Morgan fingerprint density at radius 1 is 1.42 bits per heavy atom. The minimum absolute atomic E-state index is 0.0859. The van der Waals surface area contributed by atoms with Gasteiger partial charge in [-0.25, -0.2) is 8.42 Å². The van der Waals surface area contributed by atoms with Crippen LogP contribution in [0.2, 0.25) is 0 Å². The largest absolute Gasteiger partial charge is 0.495 e. The number of nitrogen functional groups attached to an aromatic ring is 1. The van der Waals surface area contributed by atoms with Crippen LogP contribution in [0.1, 0.15) is 25.8 Å². The summed E-state index contributed by atoms with van der Waals surface area (Å²) in [5, 5.41) is 0. The van der Waals surface area contributed by atoms with Crippen molar-refractivity contribution in [3.05, 3.63) is 17.7 Å². The van der Waals surface area contributed by atoms with E-state index in [0.29, 0.717) is 11.4 Å². The van der Waals surface area contributed by atoms with Gasteiger partial charge in [-0.2, -0.15) is 4.31 Å². The van der Waals surface area contributed by atoms with Gasteiger partial charge in [-0.05, 0) is 38.0 Å². The molecule has 1 aromatic carbocycles. The number of hydrogen-bond acceptors (Lipinski definition) is 4. The van der Waals surface area contributed by atoms with E-state index in [1.54, 1.807) is 13.1 Å². The third kappa shape index (κ3) is 3.01. The lowest BCUT2D eigenvalue weighted by atomic mass is 10.2. The highest BCUT2D eigenvalue weighted by molar-refractivity contribution is 7.89. The van der Waals surface area contributed by atoms with E-state index in [2.05, 4.69) is 0 Å². The molecule has 0 saturated heterocycles. The van der Waals surface area contributed by atoms with E-state index in [0.717, 1.165) is 12.0 Å². The van der Waals surface area contributed by atoms with Crippen LogP contribution in [0.25, 0.3) is 0 Å². The molecule has 2 N–H and O–H groups in total. The van der Waals surface area contributed by atoms with Crippen molar-refractivity contribution in [3.63, 3.8) is 0 Å². The lowest BCUT2D eigenvalue weighted by Crippen LogP contribution is -2.34. The van der Waals surface area contributed by atoms with Gasteiger partial charge in [-0.3, -0.25) is 0 Å². The number of anilines is 1. The van der Waals surface area contributed by atoms with Crippen LogP contribution in [0.3, 0.4) is 0 Å². The van der Waals surface area contributed by atoms with Crippen molar-refractivity contribution >= 4 is 15.7 Å². The first-order chi connectivity index (χ1) is 8.75. The van der Waals surface area contributed by atoms with Crippen LogP contribution in [0, 0.1) is 6.92 Å². The van der Waals surface area contributed by atoms with E-state index in [9.17, 15) is 8.42 Å². The molecule has 0 fully saturated rings. The number of hydrogen-bond donors (Lipinski definition) is 1. The number of aryl methyl sites for hydroxylation is 1. The summed E-state index contributed by atoms with van der Waals surface area (Å²) in [6.07, 6.45) is 0.736. The minimum atomic E-state index is -3.60. The third-order valence-corrected chi connectivity index (χ3v) is 5.41. The first-order valence-corrected chi connectivity index (χ1v) is 7.61. The van der Waals surface area contributed by atoms with Gasteiger partial charge in [0.25, 0.3) is 0 Å². The van der Waals surface area contributed by atoms with Gasteiger partial charge in [-0.15, -0.1) is 0 Å². The molecule has 6 heteroatoms. The second-order valence-corrected chi connectivity index (χ2v) is 6.60. The van der Waals surface area contributed by atoms with Gasteiger partial charge in [0.2, 0.25) is 10.0 Å². The van der Waals surface area contributed by atoms with Crippen LogP contribution in [0.15, 0.2) is 17.0 Å². The van der Waals surface area contributed by atoms with Crippen LogP contribution in [0.5, 0.6) is 5.75 Å². The van der Waals surface area contributed by atoms with E-state index in [1.165, 1.54) is 17.5 Å². The monoisotopic (exact) mass is 286 g/mol. The lowest BCUT2D eigenvalue weighted by Gasteiger charge is -2.24. The number of ether oxygens (including phenoxy) is 1. The molecule has 0 aliphatic rings. The Morgan fingerprint density at radius 2 is 2.00 bits per heavy atom. The van der Waals surface area contributed by atoms with Gasteiger partial charge in [0.15, 0.2) is 0 Å². The van der Waals surface area contributed by atoms with E-state index >= 15 is 0 Å². The van der Waals surface area contributed by atoms with Crippen LogP contribution < -0.4 is 10.5 Å². The zero-order valence-corrected chi connectivity index (χ0v) is 12.9. The highest BCUT2D eigenvalue weighted by atomic mass is 32.2. The van der Waals surface area contributed by atoms with Crippen LogP contribution >= 0.6 is 0 Å². The SMILES string of the molecule is CCC(C)N(C)S(=O)(=O)c1cc(N)c(C)cc1OC. The molecule has 0 aromatic heterocycles. The smallest absolute Gasteiger partial charge is 0.246 e. The molecule has 0 saturated carbocycles. The summed E-state index contributed by atoms with van der Waals surface area (Å²) in [6, 6.07) is 3.02.